The van der Waals surface area contributed by atoms with E-state index in [9.17, 15) is 13.2 Å². The van der Waals surface area contributed by atoms with Crippen LogP contribution in [0.3, 0.4) is 0 Å². The zero-order valence-electron chi connectivity index (χ0n) is 14.1. The zero-order chi connectivity index (χ0) is 18.4. The van der Waals surface area contributed by atoms with Gasteiger partial charge in [0.05, 0.1) is 17.5 Å². The zero-order valence-corrected chi connectivity index (χ0v) is 15.7. The molecular weight excluding hydrogens is 387 g/mol. The Morgan fingerprint density at radius 3 is 2.96 bits per heavy atom. The number of aromatic nitrogens is 3. The van der Waals surface area contributed by atoms with Gasteiger partial charge in [-0.25, -0.2) is 0 Å². The van der Waals surface area contributed by atoms with Crippen molar-refractivity contribution in [1.82, 2.24) is 14.8 Å². The average molecular weight is 407 g/mol. The van der Waals surface area contributed by atoms with Crippen LogP contribution in [-0.2, 0) is 16.0 Å². The first-order valence-electron chi connectivity index (χ1n) is 8.39. The maximum absolute atomic E-state index is 12.1. The Hall–Kier alpha value is -1.10. The summed E-state index contributed by atoms with van der Waals surface area (Å²) >= 11 is 3.08. The quantitative estimate of drug-likeness (QED) is 0.460. The van der Waals surface area contributed by atoms with Gasteiger partial charge < -0.3 is 9.47 Å². The highest BCUT2D eigenvalue weighted by Crippen LogP contribution is 2.29. The number of alkyl halides is 3. The summed E-state index contributed by atoms with van der Waals surface area (Å²) in [7, 11) is 0. The van der Waals surface area contributed by atoms with Crippen LogP contribution in [-0.4, -0.2) is 52.6 Å². The molecule has 3 heterocycles. The van der Waals surface area contributed by atoms with Gasteiger partial charge >= 0.3 is 6.18 Å². The van der Waals surface area contributed by atoms with Gasteiger partial charge in [-0.05, 0) is 30.7 Å². The largest absolute Gasteiger partial charge is 0.411 e. The molecule has 0 amide bonds. The van der Waals surface area contributed by atoms with E-state index >= 15 is 0 Å². The fraction of sp³-hybridized carbons (Fsp3) is 0.625. The Labute approximate surface area is 157 Å². The topological polar surface area (TPSA) is 49.2 Å². The molecule has 5 nitrogen and oxygen atoms in total. The van der Waals surface area contributed by atoms with Gasteiger partial charge in [-0.15, -0.1) is 21.5 Å². The van der Waals surface area contributed by atoms with Gasteiger partial charge in [-0.1, -0.05) is 17.8 Å². The molecule has 0 saturated carbocycles. The minimum atomic E-state index is -4.27. The summed E-state index contributed by atoms with van der Waals surface area (Å²) in [6.07, 6.45) is -1.54. The molecule has 0 radical (unpaired) electrons. The van der Waals surface area contributed by atoms with Gasteiger partial charge in [0.15, 0.2) is 11.0 Å². The van der Waals surface area contributed by atoms with Crippen molar-refractivity contribution < 1.29 is 22.6 Å². The van der Waals surface area contributed by atoms with Crippen LogP contribution in [0, 0.1) is 0 Å². The van der Waals surface area contributed by atoms with E-state index < -0.39 is 12.8 Å². The molecule has 1 aliphatic rings. The number of ether oxygens (including phenoxy) is 2. The molecular formula is C16H20F3N3O2S2. The van der Waals surface area contributed by atoms with Gasteiger partial charge in [0.2, 0.25) is 0 Å². The number of hydrogen-bond donors (Lipinski definition) is 0. The van der Waals surface area contributed by atoms with Crippen molar-refractivity contribution in [2.75, 3.05) is 25.6 Å². The average Bonchev–Trinajstić information content (AvgIpc) is 3.32. The molecule has 1 atom stereocenters. The molecule has 1 aliphatic heterocycles. The Balaban J connectivity index is 1.57. The van der Waals surface area contributed by atoms with Crippen molar-refractivity contribution in [2.24, 2.45) is 0 Å². The molecule has 0 unspecified atom stereocenters. The first kappa shape index (κ1) is 19.7. The number of halogens is 3. The standard InChI is InChI=1S/C16H20F3N3O2S2/c17-16(18,19)11-23-6-3-9-26-15-21-20-14(13-5-2-8-25-13)22(15)10-12-4-1-7-24-12/h2,5,8,12H,1,3-4,6-7,9-11H2/t12-/m1/s1. The lowest BCUT2D eigenvalue weighted by Gasteiger charge is -2.14. The molecule has 1 saturated heterocycles. The van der Waals surface area contributed by atoms with Crippen LogP contribution >= 0.6 is 23.1 Å². The summed E-state index contributed by atoms with van der Waals surface area (Å²) in [5, 5.41) is 11.3. The normalized spacial score (nSPS) is 17.9. The van der Waals surface area contributed by atoms with Gasteiger partial charge in [-0.3, -0.25) is 4.57 Å². The second-order valence-corrected chi connectivity index (χ2v) is 7.91. The monoisotopic (exact) mass is 407 g/mol. The lowest BCUT2D eigenvalue weighted by atomic mass is 10.2. The first-order chi connectivity index (χ1) is 12.5. The van der Waals surface area contributed by atoms with Crippen molar-refractivity contribution in [1.29, 1.82) is 0 Å². The van der Waals surface area contributed by atoms with Crippen LogP contribution < -0.4 is 0 Å². The third-order valence-electron chi connectivity index (χ3n) is 3.80. The second kappa shape index (κ2) is 9.20. The van der Waals surface area contributed by atoms with E-state index in [2.05, 4.69) is 19.5 Å². The third kappa shape index (κ3) is 5.70. The Morgan fingerprint density at radius 1 is 1.38 bits per heavy atom. The van der Waals surface area contributed by atoms with Crippen LogP contribution in [0.25, 0.3) is 10.7 Å². The summed E-state index contributed by atoms with van der Waals surface area (Å²) in [5.41, 5.74) is 0. The molecule has 1 fully saturated rings. The molecule has 26 heavy (non-hydrogen) atoms. The SMILES string of the molecule is FC(F)(F)COCCCSc1nnc(-c2cccs2)n1C[C@H]1CCCO1. The maximum atomic E-state index is 12.1. The summed E-state index contributed by atoms with van der Waals surface area (Å²) in [6.45, 7) is 0.340. The van der Waals surface area contributed by atoms with Gasteiger partial charge in [0.1, 0.15) is 6.61 Å². The van der Waals surface area contributed by atoms with Gasteiger partial charge in [-0.2, -0.15) is 13.2 Å². The molecule has 0 bridgehead atoms. The summed E-state index contributed by atoms with van der Waals surface area (Å²) in [6, 6.07) is 3.97. The summed E-state index contributed by atoms with van der Waals surface area (Å²) in [4.78, 5) is 1.04. The number of rotatable bonds is 9. The Bertz CT molecular complexity index is 671. The second-order valence-electron chi connectivity index (χ2n) is 5.90. The summed E-state index contributed by atoms with van der Waals surface area (Å²) < 4.78 is 48.6. The predicted octanol–water partition coefficient (Wildman–Crippen LogP) is 4.25. The first-order valence-corrected chi connectivity index (χ1v) is 10.3. The van der Waals surface area contributed by atoms with Crippen molar-refractivity contribution >= 4 is 23.1 Å². The van der Waals surface area contributed by atoms with Crippen LogP contribution in [0.2, 0.25) is 0 Å². The molecule has 2 aromatic rings. The minimum Gasteiger partial charge on any atom is -0.376 e. The lowest BCUT2D eigenvalue weighted by molar-refractivity contribution is -0.173. The van der Waals surface area contributed by atoms with E-state index in [0.717, 1.165) is 35.3 Å². The van der Waals surface area contributed by atoms with Crippen molar-refractivity contribution in [2.45, 2.75) is 43.2 Å². The summed E-state index contributed by atoms with van der Waals surface area (Å²) in [5.74, 6) is 1.43. The van der Waals surface area contributed by atoms with Gasteiger partial charge in [0, 0.05) is 19.0 Å². The highest BCUT2D eigenvalue weighted by Gasteiger charge is 2.27. The molecule has 10 heteroatoms. The molecule has 2 aromatic heterocycles. The molecule has 0 aromatic carbocycles. The fourth-order valence-corrected chi connectivity index (χ4v) is 4.23. The van der Waals surface area contributed by atoms with Crippen molar-refractivity contribution in [3.63, 3.8) is 0 Å². The van der Waals surface area contributed by atoms with Crippen molar-refractivity contribution in [3.05, 3.63) is 17.5 Å². The number of hydrogen-bond acceptors (Lipinski definition) is 6. The Kier molecular flexibility index (Phi) is 6.96. The van der Waals surface area contributed by atoms with E-state index in [1.54, 1.807) is 11.3 Å². The molecule has 3 rings (SSSR count). The van der Waals surface area contributed by atoms with E-state index in [1.807, 2.05) is 17.5 Å². The molecule has 144 valence electrons. The van der Waals surface area contributed by atoms with Crippen LogP contribution in [0.15, 0.2) is 22.7 Å². The van der Waals surface area contributed by atoms with E-state index in [1.165, 1.54) is 11.8 Å². The molecule has 0 spiro atoms. The van der Waals surface area contributed by atoms with E-state index in [0.29, 0.717) is 18.7 Å². The minimum absolute atomic E-state index is 0.0736. The van der Waals surface area contributed by atoms with Crippen LogP contribution in [0.5, 0.6) is 0 Å². The predicted molar refractivity (Wildman–Crippen MR) is 94.5 cm³/mol. The van der Waals surface area contributed by atoms with Crippen LogP contribution in [0.4, 0.5) is 13.2 Å². The fourth-order valence-electron chi connectivity index (χ4n) is 2.65. The van der Waals surface area contributed by atoms with E-state index in [-0.39, 0.29) is 12.7 Å². The lowest BCUT2D eigenvalue weighted by Crippen LogP contribution is -2.17. The maximum Gasteiger partial charge on any atom is 0.411 e. The number of nitrogens with zero attached hydrogens (tertiary/aromatic N) is 3. The third-order valence-corrected chi connectivity index (χ3v) is 5.72. The molecule has 0 N–H and O–H groups in total. The van der Waals surface area contributed by atoms with Crippen LogP contribution in [0.1, 0.15) is 19.3 Å². The Morgan fingerprint density at radius 2 is 2.27 bits per heavy atom. The van der Waals surface area contributed by atoms with Gasteiger partial charge in [0.25, 0.3) is 0 Å². The smallest absolute Gasteiger partial charge is 0.376 e. The highest BCUT2D eigenvalue weighted by atomic mass is 32.2. The molecule has 0 aliphatic carbocycles. The van der Waals surface area contributed by atoms with Crippen molar-refractivity contribution in [3.8, 4) is 10.7 Å². The number of thioether (sulfide) groups is 1. The van der Waals surface area contributed by atoms with E-state index in [4.69, 9.17) is 4.74 Å². The highest BCUT2D eigenvalue weighted by molar-refractivity contribution is 7.99. The number of thiophene rings is 1.